The van der Waals surface area contributed by atoms with Crippen molar-refractivity contribution < 1.29 is 13.2 Å². The Hall–Kier alpha value is -3.50. The number of nitrogens with zero attached hydrogens (tertiary/aromatic N) is 3. The second-order valence-electron chi connectivity index (χ2n) is 9.21. The number of H-pyrrole nitrogens is 1. The molecule has 0 saturated carbocycles. The van der Waals surface area contributed by atoms with Crippen LogP contribution in [0.1, 0.15) is 56.6 Å². The first-order valence-electron chi connectivity index (χ1n) is 13.1. The molecule has 0 fully saturated rings. The SMILES string of the molecule is CCCCCCc1nc(C)c2c(=O)[nH]c(-c3cc(S(=O)(=O)NCCc4ccccc4)ccc3OCC)nn12. The van der Waals surface area contributed by atoms with Gasteiger partial charge in [-0.25, -0.2) is 22.6 Å². The molecule has 0 amide bonds. The van der Waals surface area contributed by atoms with Gasteiger partial charge in [0, 0.05) is 13.0 Å². The highest BCUT2D eigenvalue weighted by atomic mass is 32.2. The maximum atomic E-state index is 13.1. The van der Waals surface area contributed by atoms with E-state index in [1.165, 1.54) is 12.1 Å². The third-order valence-corrected chi connectivity index (χ3v) is 7.82. The molecule has 0 unspecified atom stereocenters. The number of imidazole rings is 1. The van der Waals surface area contributed by atoms with Gasteiger partial charge in [-0.15, -0.1) is 5.10 Å². The van der Waals surface area contributed by atoms with Crippen LogP contribution < -0.4 is 15.0 Å². The zero-order chi connectivity index (χ0) is 27.1. The fourth-order valence-electron chi connectivity index (χ4n) is 4.43. The van der Waals surface area contributed by atoms with Crippen LogP contribution in [0.4, 0.5) is 0 Å². The molecule has 0 spiro atoms. The Labute approximate surface area is 223 Å². The minimum atomic E-state index is -3.81. The van der Waals surface area contributed by atoms with Crippen molar-refractivity contribution in [1.29, 1.82) is 0 Å². The van der Waals surface area contributed by atoms with Crippen molar-refractivity contribution in [2.24, 2.45) is 0 Å². The maximum Gasteiger partial charge on any atom is 0.277 e. The van der Waals surface area contributed by atoms with Gasteiger partial charge in [0.2, 0.25) is 10.0 Å². The standard InChI is InChI=1S/C28H35N5O4S/c1-4-6-7-11-14-25-30-20(3)26-28(34)31-27(32-33(25)26)23-19-22(15-16-24(23)37-5-2)38(35,36)29-18-17-21-12-9-8-10-13-21/h8-10,12-13,15-16,19,29H,4-7,11,14,17-18H2,1-3H3,(H,31,32,34). The molecule has 0 bridgehead atoms. The summed E-state index contributed by atoms with van der Waals surface area (Å²) in [7, 11) is -3.81. The molecule has 0 aliphatic carbocycles. The van der Waals surface area contributed by atoms with Crippen LogP contribution in [-0.4, -0.2) is 41.2 Å². The normalized spacial score (nSPS) is 11.8. The van der Waals surface area contributed by atoms with Crippen molar-refractivity contribution in [1.82, 2.24) is 24.3 Å². The fourth-order valence-corrected chi connectivity index (χ4v) is 5.49. The second kappa shape index (κ2) is 12.4. The molecule has 0 saturated heterocycles. The number of ether oxygens (including phenoxy) is 1. The van der Waals surface area contributed by atoms with E-state index in [4.69, 9.17) is 9.84 Å². The highest BCUT2D eigenvalue weighted by Crippen LogP contribution is 2.30. The largest absolute Gasteiger partial charge is 0.493 e. The molecule has 2 aromatic heterocycles. The summed E-state index contributed by atoms with van der Waals surface area (Å²) in [5.74, 6) is 1.37. The molecule has 0 atom stereocenters. The lowest BCUT2D eigenvalue weighted by Crippen LogP contribution is -2.26. The molecule has 9 nitrogen and oxygen atoms in total. The van der Waals surface area contributed by atoms with Crippen LogP contribution in [0.25, 0.3) is 16.9 Å². The fraction of sp³-hybridized carbons (Fsp3) is 0.393. The molecule has 10 heteroatoms. The Balaban J connectivity index is 1.68. The van der Waals surface area contributed by atoms with E-state index in [2.05, 4.69) is 21.6 Å². The summed E-state index contributed by atoms with van der Waals surface area (Å²) in [6.45, 7) is 6.42. The third kappa shape index (κ3) is 6.31. The molecule has 4 aromatic rings. The van der Waals surface area contributed by atoms with Crippen LogP contribution in [0.5, 0.6) is 5.75 Å². The zero-order valence-electron chi connectivity index (χ0n) is 22.2. The Morgan fingerprint density at radius 3 is 2.55 bits per heavy atom. The Kier molecular flexibility index (Phi) is 8.96. The van der Waals surface area contributed by atoms with E-state index in [1.807, 2.05) is 37.3 Å². The number of rotatable bonds is 13. The lowest BCUT2D eigenvalue weighted by Gasteiger charge is -2.13. The average Bonchev–Trinajstić information content (AvgIpc) is 3.23. The summed E-state index contributed by atoms with van der Waals surface area (Å²) in [5, 5.41) is 4.70. The summed E-state index contributed by atoms with van der Waals surface area (Å²) in [4.78, 5) is 20.6. The first-order valence-corrected chi connectivity index (χ1v) is 14.6. The number of fused-ring (bicyclic) bond motifs is 1. The van der Waals surface area contributed by atoms with E-state index in [9.17, 15) is 13.2 Å². The van der Waals surface area contributed by atoms with Crippen molar-refractivity contribution in [2.45, 2.75) is 64.2 Å². The maximum absolute atomic E-state index is 13.1. The summed E-state index contributed by atoms with van der Waals surface area (Å²) in [6.07, 6.45) is 5.55. The second-order valence-corrected chi connectivity index (χ2v) is 11.0. The van der Waals surface area contributed by atoms with Gasteiger partial charge in [0.1, 0.15) is 11.6 Å². The summed E-state index contributed by atoms with van der Waals surface area (Å²) >= 11 is 0. The Morgan fingerprint density at radius 1 is 1.03 bits per heavy atom. The lowest BCUT2D eigenvalue weighted by molar-refractivity contribution is 0.341. The number of sulfonamides is 1. The topological polar surface area (TPSA) is 118 Å². The van der Waals surface area contributed by atoms with Crippen LogP contribution in [0.15, 0.2) is 58.2 Å². The molecule has 2 heterocycles. The third-order valence-electron chi connectivity index (χ3n) is 6.36. The number of hydrogen-bond donors (Lipinski definition) is 2. The Bertz CT molecular complexity index is 1550. The van der Waals surface area contributed by atoms with Gasteiger partial charge in [-0.2, -0.15) is 0 Å². The van der Waals surface area contributed by atoms with Gasteiger partial charge < -0.3 is 9.72 Å². The van der Waals surface area contributed by atoms with E-state index < -0.39 is 10.0 Å². The highest BCUT2D eigenvalue weighted by molar-refractivity contribution is 7.89. The zero-order valence-corrected chi connectivity index (χ0v) is 23.0. The lowest BCUT2D eigenvalue weighted by atomic mass is 10.1. The minimum Gasteiger partial charge on any atom is -0.493 e. The number of aromatic nitrogens is 4. The molecular formula is C28H35N5O4S. The predicted octanol–water partition coefficient (Wildman–Crippen LogP) is 4.44. The van der Waals surface area contributed by atoms with Crippen molar-refractivity contribution in [3.8, 4) is 17.1 Å². The van der Waals surface area contributed by atoms with Gasteiger partial charge >= 0.3 is 0 Å². The van der Waals surface area contributed by atoms with E-state index >= 15 is 0 Å². The minimum absolute atomic E-state index is 0.0633. The molecule has 4 rings (SSSR count). The van der Waals surface area contributed by atoms with Crippen LogP contribution in [0.3, 0.4) is 0 Å². The molecule has 0 aliphatic heterocycles. The summed E-state index contributed by atoms with van der Waals surface area (Å²) in [6, 6.07) is 14.3. The van der Waals surface area contributed by atoms with Gasteiger partial charge in [-0.1, -0.05) is 56.5 Å². The summed E-state index contributed by atoms with van der Waals surface area (Å²) < 4.78 is 36.3. The van der Waals surface area contributed by atoms with Crippen molar-refractivity contribution in [2.75, 3.05) is 13.2 Å². The first-order chi connectivity index (χ1) is 18.3. The molecule has 0 radical (unpaired) electrons. The number of nitrogens with one attached hydrogen (secondary N) is 2. The number of aromatic amines is 1. The van der Waals surface area contributed by atoms with Crippen molar-refractivity contribution in [3.05, 3.63) is 76.0 Å². The van der Waals surface area contributed by atoms with Crippen LogP contribution in [-0.2, 0) is 22.9 Å². The van der Waals surface area contributed by atoms with Crippen LogP contribution in [0, 0.1) is 6.92 Å². The monoisotopic (exact) mass is 537 g/mol. The number of hydrogen-bond acceptors (Lipinski definition) is 6. The number of benzene rings is 2. The van der Waals surface area contributed by atoms with Crippen LogP contribution in [0.2, 0.25) is 0 Å². The Morgan fingerprint density at radius 2 is 1.82 bits per heavy atom. The number of unbranched alkanes of at least 4 members (excludes halogenated alkanes) is 3. The molecule has 2 aromatic carbocycles. The van der Waals surface area contributed by atoms with Crippen molar-refractivity contribution >= 4 is 15.5 Å². The van der Waals surface area contributed by atoms with Gasteiger partial charge in [0.15, 0.2) is 11.3 Å². The molecule has 202 valence electrons. The predicted molar refractivity (Wildman–Crippen MR) is 148 cm³/mol. The van der Waals surface area contributed by atoms with E-state index in [1.54, 1.807) is 17.5 Å². The van der Waals surface area contributed by atoms with E-state index in [-0.39, 0.29) is 22.8 Å². The molecule has 0 aliphatic rings. The van der Waals surface area contributed by atoms with Gasteiger partial charge in [0.05, 0.1) is 22.8 Å². The molecule has 2 N–H and O–H groups in total. The smallest absolute Gasteiger partial charge is 0.277 e. The first kappa shape index (κ1) is 27.5. The molecular weight excluding hydrogens is 502 g/mol. The summed E-state index contributed by atoms with van der Waals surface area (Å²) in [5.41, 5.74) is 2.10. The highest BCUT2D eigenvalue weighted by Gasteiger charge is 2.21. The average molecular weight is 538 g/mol. The van der Waals surface area contributed by atoms with E-state index in [0.29, 0.717) is 47.8 Å². The van der Waals surface area contributed by atoms with Gasteiger partial charge in [-0.3, -0.25) is 4.79 Å². The van der Waals surface area contributed by atoms with Gasteiger partial charge in [0.25, 0.3) is 5.56 Å². The van der Waals surface area contributed by atoms with Gasteiger partial charge in [-0.05, 0) is 50.5 Å². The number of aryl methyl sites for hydroxylation is 2. The van der Waals surface area contributed by atoms with Crippen LogP contribution >= 0.6 is 0 Å². The van der Waals surface area contributed by atoms with Crippen molar-refractivity contribution in [3.63, 3.8) is 0 Å². The molecule has 38 heavy (non-hydrogen) atoms. The van der Waals surface area contributed by atoms with E-state index in [0.717, 1.165) is 31.2 Å². The quantitative estimate of drug-likeness (QED) is 0.244.